The topological polar surface area (TPSA) is 55.4 Å². The van der Waals surface area contributed by atoms with Gasteiger partial charge >= 0.3 is 0 Å². The molecular weight excluding hydrogens is 290 g/mol. The molecule has 0 aliphatic carbocycles. The lowest BCUT2D eigenvalue weighted by atomic mass is 10.0. The van der Waals surface area contributed by atoms with Crippen LogP contribution < -0.4 is 10.1 Å². The number of amides is 1. The molecular formula is C19H21NO3. The van der Waals surface area contributed by atoms with E-state index in [1.54, 1.807) is 24.3 Å². The van der Waals surface area contributed by atoms with Gasteiger partial charge in [-0.05, 0) is 61.7 Å². The van der Waals surface area contributed by atoms with E-state index in [1.165, 1.54) is 11.1 Å². The molecule has 0 saturated carbocycles. The highest BCUT2D eigenvalue weighted by Crippen LogP contribution is 2.17. The molecule has 0 aliphatic rings. The van der Waals surface area contributed by atoms with Crippen molar-refractivity contribution in [1.82, 2.24) is 5.32 Å². The van der Waals surface area contributed by atoms with E-state index in [9.17, 15) is 9.59 Å². The average molecular weight is 311 g/mol. The van der Waals surface area contributed by atoms with Crippen LogP contribution in [0.25, 0.3) is 0 Å². The van der Waals surface area contributed by atoms with Crippen LogP contribution in [-0.2, 0) is 4.79 Å². The van der Waals surface area contributed by atoms with Crippen molar-refractivity contribution >= 4 is 12.2 Å². The molecule has 2 aromatic rings. The summed E-state index contributed by atoms with van der Waals surface area (Å²) in [6.07, 6.45) is 0.766. The molecule has 23 heavy (non-hydrogen) atoms. The molecule has 120 valence electrons. The fourth-order valence-electron chi connectivity index (χ4n) is 2.19. The van der Waals surface area contributed by atoms with Gasteiger partial charge in [-0.2, -0.15) is 0 Å². The summed E-state index contributed by atoms with van der Waals surface area (Å²) >= 11 is 0. The molecule has 1 atom stereocenters. The molecule has 0 heterocycles. The molecule has 2 aromatic carbocycles. The Morgan fingerprint density at radius 1 is 1.13 bits per heavy atom. The van der Waals surface area contributed by atoms with E-state index < -0.39 is 0 Å². The highest BCUT2D eigenvalue weighted by atomic mass is 16.5. The van der Waals surface area contributed by atoms with Gasteiger partial charge in [0, 0.05) is 5.56 Å². The lowest BCUT2D eigenvalue weighted by molar-refractivity contribution is -0.123. The second-order valence-corrected chi connectivity index (χ2v) is 5.61. The smallest absolute Gasteiger partial charge is 0.258 e. The van der Waals surface area contributed by atoms with Crippen LogP contribution in [0.15, 0.2) is 42.5 Å². The second kappa shape index (κ2) is 7.58. The van der Waals surface area contributed by atoms with Crippen LogP contribution >= 0.6 is 0 Å². The Hall–Kier alpha value is -2.62. The Balaban J connectivity index is 1.88. The van der Waals surface area contributed by atoms with Crippen molar-refractivity contribution in [2.24, 2.45) is 0 Å². The van der Waals surface area contributed by atoms with Crippen LogP contribution in [0.3, 0.4) is 0 Å². The Kier molecular flexibility index (Phi) is 5.52. The van der Waals surface area contributed by atoms with Crippen molar-refractivity contribution in [2.75, 3.05) is 6.61 Å². The Labute approximate surface area is 136 Å². The normalized spacial score (nSPS) is 11.6. The molecule has 0 saturated heterocycles. The monoisotopic (exact) mass is 311 g/mol. The zero-order valence-electron chi connectivity index (χ0n) is 13.6. The molecule has 0 spiro atoms. The summed E-state index contributed by atoms with van der Waals surface area (Å²) in [6, 6.07) is 12.7. The third-order valence-corrected chi connectivity index (χ3v) is 3.79. The summed E-state index contributed by atoms with van der Waals surface area (Å²) in [4.78, 5) is 22.6. The molecule has 0 fully saturated rings. The third kappa shape index (κ3) is 4.68. The molecule has 0 bridgehead atoms. The fraction of sp³-hybridized carbons (Fsp3) is 0.263. The predicted molar refractivity (Wildman–Crippen MR) is 89.8 cm³/mol. The SMILES string of the molecule is Cc1ccc(C(C)NC(=O)COc2ccc(C=O)cc2)cc1C. The molecule has 1 amide bonds. The summed E-state index contributed by atoms with van der Waals surface area (Å²) in [5.74, 6) is 0.375. The Morgan fingerprint density at radius 3 is 2.43 bits per heavy atom. The summed E-state index contributed by atoms with van der Waals surface area (Å²) in [5.41, 5.74) is 4.08. The van der Waals surface area contributed by atoms with Gasteiger partial charge in [0.05, 0.1) is 6.04 Å². The fourth-order valence-corrected chi connectivity index (χ4v) is 2.19. The maximum Gasteiger partial charge on any atom is 0.258 e. The Morgan fingerprint density at radius 2 is 1.83 bits per heavy atom. The van der Waals surface area contributed by atoms with Crippen molar-refractivity contribution in [2.45, 2.75) is 26.8 Å². The van der Waals surface area contributed by atoms with E-state index in [0.717, 1.165) is 11.8 Å². The van der Waals surface area contributed by atoms with Gasteiger partial charge in [-0.25, -0.2) is 0 Å². The average Bonchev–Trinajstić information content (AvgIpc) is 2.55. The first kappa shape index (κ1) is 16.7. The van der Waals surface area contributed by atoms with Gasteiger partial charge in [-0.3, -0.25) is 9.59 Å². The zero-order chi connectivity index (χ0) is 16.8. The highest BCUT2D eigenvalue weighted by molar-refractivity contribution is 5.78. The number of benzene rings is 2. The van der Waals surface area contributed by atoms with Crippen molar-refractivity contribution in [1.29, 1.82) is 0 Å². The molecule has 2 rings (SSSR count). The minimum atomic E-state index is -0.185. The van der Waals surface area contributed by atoms with E-state index in [-0.39, 0.29) is 18.6 Å². The number of hydrogen-bond acceptors (Lipinski definition) is 3. The van der Waals surface area contributed by atoms with Crippen molar-refractivity contribution in [3.05, 3.63) is 64.7 Å². The molecule has 1 N–H and O–H groups in total. The lowest BCUT2D eigenvalue weighted by Gasteiger charge is -2.16. The number of hydrogen-bond donors (Lipinski definition) is 1. The van der Waals surface area contributed by atoms with Crippen LogP contribution in [0.4, 0.5) is 0 Å². The van der Waals surface area contributed by atoms with Gasteiger partial charge in [-0.1, -0.05) is 18.2 Å². The predicted octanol–water partition coefficient (Wildman–Crippen LogP) is 3.37. The second-order valence-electron chi connectivity index (χ2n) is 5.61. The molecule has 4 heteroatoms. The van der Waals surface area contributed by atoms with E-state index in [1.807, 2.05) is 13.0 Å². The van der Waals surface area contributed by atoms with Crippen LogP contribution in [0.2, 0.25) is 0 Å². The van der Waals surface area contributed by atoms with E-state index in [2.05, 4.69) is 31.3 Å². The van der Waals surface area contributed by atoms with Crippen molar-refractivity contribution < 1.29 is 14.3 Å². The first-order valence-corrected chi connectivity index (χ1v) is 7.54. The highest BCUT2D eigenvalue weighted by Gasteiger charge is 2.11. The van der Waals surface area contributed by atoms with Crippen molar-refractivity contribution in [3.63, 3.8) is 0 Å². The molecule has 0 aliphatic heterocycles. The van der Waals surface area contributed by atoms with Crippen LogP contribution in [-0.4, -0.2) is 18.8 Å². The molecule has 1 unspecified atom stereocenters. The first-order chi connectivity index (χ1) is 11.0. The number of nitrogens with one attached hydrogen (secondary N) is 1. The summed E-state index contributed by atoms with van der Waals surface area (Å²) in [6.45, 7) is 6.00. The third-order valence-electron chi connectivity index (χ3n) is 3.79. The number of aryl methyl sites for hydroxylation is 2. The van der Waals surface area contributed by atoms with Gasteiger partial charge in [0.25, 0.3) is 5.91 Å². The van der Waals surface area contributed by atoms with Crippen LogP contribution in [0.5, 0.6) is 5.75 Å². The molecule has 0 aromatic heterocycles. The number of aldehydes is 1. The minimum absolute atomic E-state index is 0.0599. The molecule has 4 nitrogen and oxygen atoms in total. The summed E-state index contributed by atoms with van der Waals surface area (Å²) < 4.78 is 5.42. The minimum Gasteiger partial charge on any atom is -0.484 e. The zero-order valence-corrected chi connectivity index (χ0v) is 13.6. The van der Waals surface area contributed by atoms with Gasteiger partial charge in [0.15, 0.2) is 6.61 Å². The van der Waals surface area contributed by atoms with Crippen LogP contribution in [0, 0.1) is 13.8 Å². The number of ether oxygens (including phenoxy) is 1. The van der Waals surface area contributed by atoms with Gasteiger partial charge in [0.2, 0.25) is 0 Å². The van der Waals surface area contributed by atoms with Crippen LogP contribution in [0.1, 0.15) is 40.0 Å². The largest absolute Gasteiger partial charge is 0.484 e. The van der Waals surface area contributed by atoms with Gasteiger partial charge in [0.1, 0.15) is 12.0 Å². The summed E-state index contributed by atoms with van der Waals surface area (Å²) in [7, 11) is 0. The molecule has 0 radical (unpaired) electrons. The lowest BCUT2D eigenvalue weighted by Crippen LogP contribution is -2.31. The van der Waals surface area contributed by atoms with Crippen molar-refractivity contribution in [3.8, 4) is 5.75 Å². The van der Waals surface area contributed by atoms with E-state index >= 15 is 0 Å². The maximum absolute atomic E-state index is 12.0. The number of carbonyl (C=O) groups excluding carboxylic acids is 2. The van der Waals surface area contributed by atoms with Gasteiger partial charge in [-0.15, -0.1) is 0 Å². The quantitative estimate of drug-likeness (QED) is 0.832. The number of rotatable bonds is 6. The summed E-state index contributed by atoms with van der Waals surface area (Å²) in [5, 5.41) is 2.92. The van der Waals surface area contributed by atoms with E-state index in [4.69, 9.17) is 4.74 Å². The standard InChI is InChI=1S/C19H21NO3/c1-13-4-7-17(10-14(13)2)15(3)20-19(22)12-23-18-8-5-16(11-21)6-9-18/h4-11,15H,12H2,1-3H3,(H,20,22). The number of carbonyl (C=O) groups is 2. The van der Waals surface area contributed by atoms with Gasteiger partial charge < -0.3 is 10.1 Å². The van der Waals surface area contributed by atoms with E-state index in [0.29, 0.717) is 11.3 Å². The first-order valence-electron chi connectivity index (χ1n) is 7.54. The Bertz CT molecular complexity index is 692. The maximum atomic E-state index is 12.0.